The summed E-state index contributed by atoms with van der Waals surface area (Å²) < 4.78 is 28.9. The van der Waals surface area contributed by atoms with Crippen LogP contribution in [0.15, 0.2) is 47.6 Å². The van der Waals surface area contributed by atoms with Crippen molar-refractivity contribution in [2.45, 2.75) is 11.6 Å². The van der Waals surface area contributed by atoms with Crippen LogP contribution in [0, 0.1) is 0 Å². The normalized spacial score (nSPS) is 10.5. The zero-order valence-corrected chi connectivity index (χ0v) is 12.7. The van der Waals surface area contributed by atoms with E-state index in [0.717, 1.165) is 11.8 Å². The van der Waals surface area contributed by atoms with E-state index >= 15 is 0 Å². The van der Waals surface area contributed by atoms with Crippen molar-refractivity contribution in [3.63, 3.8) is 0 Å². The van der Waals surface area contributed by atoms with Crippen LogP contribution in [0.5, 0.6) is 5.75 Å². The number of benzene rings is 1. The predicted octanol–water partition coefficient (Wildman–Crippen LogP) is 4.07. The molecule has 0 aliphatic heterocycles. The number of carbonyl (C=O) groups is 1. The average molecular weight is 345 g/mol. The number of hydrogen-bond acceptors (Lipinski definition) is 4. The number of para-hydroxylation sites is 2. The monoisotopic (exact) mass is 344 g/mol. The van der Waals surface area contributed by atoms with E-state index in [9.17, 15) is 13.6 Å². The highest BCUT2D eigenvalue weighted by Crippen LogP contribution is 2.27. The van der Waals surface area contributed by atoms with Gasteiger partial charge in [0.1, 0.15) is 10.8 Å². The topological polar surface area (TPSA) is 51.2 Å². The lowest BCUT2D eigenvalue weighted by Crippen LogP contribution is -2.15. The summed E-state index contributed by atoms with van der Waals surface area (Å²) in [6.07, 6.45) is 1.57. The minimum Gasteiger partial charge on any atom is -0.433 e. The molecule has 8 heteroatoms. The minimum absolute atomic E-state index is 0.0414. The van der Waals surface area contributed by atoms with Crippen LogP contribution in [-0.4, -0.2) is 23.3 Å². The molecule has 116 valence electrons. The summed E-state index contributed by atoms with van der Waals surface area (Å²) in [7, 11) is 0. The Morgan fingerprint density at radius 1 is 1.32 bits per heavy atom. The number of aromatic nitrogens is 1. The Morgan fingerprint density at radius 2 is 2.09 bits per heavy atom. The second-order valence-electron chi connectivity index (χ2n) is 4.00. The number of rotatable bonds is 6. The van der Waals surface area contributed by atoms with Gasteiger partial charge in [-0.3, -0.25) is 4.79 Å². The van der Waals surface area contributed by atoms with Gasteiger partial charge >= 0.3 is 6.61 Å². The maximum absolute atomic E-state index is 12.3. The molecule has 0 atom stereocenters. The highest BCUT2D eigenvalue weighted by molar-refractivity contribution is 8.00. The molecule has 0 radical (unpaired) electrons. The highest BCUT2D eigenvalue weighted by Gasteiger charge is 2.12. The van der Waals surface area contributed by atoms with Crippen molar-refractivity contribution < 1.29 is 18.3 Å². The molecule has 4 nitrogen and oxygen atoms in total. The number of nitrogens with zero attached hydrogens (tertiary/aromatic N) is 1. The SMILES string of the molecule is O=C(CSc1ncccc1Cl)Nc1ccccc1OC(F)F. The van der Waals surface area contributed by atoms with E-state index in [4.69, 9.17) is 11.6 Å². The van der Waals surface area contributed by atoms with Crippen molar-refractivity contribution in [3.8, 4) is 5.75 Å². The van der Waals surface area contributed by atoms with Crippen molar-refractivity contribution in [2.24, 2.45) is 0 Å². The number of hydrogen-bond donors (Lipinski definition) is 1. The molecular weight excluding hydrogens is 334 g/mol. The summed E-state index contributed by atoms with van der Waals surface area (Å²) >= 11 is 7.08. The van der Waals surface area contributed by atoms with Crippen molar-refractivity contribution in [2.75, 3.05) is 11.1 Å². The number of thioether (sulfide) groups is 1. The Hall–Kier alpha value is -1.86. The average Bonchev–Trinajstić information content (AvgIpc) is 2.48. The van der Waals surface area contributed by atoms with Gasteiger partial charge in [-0.1, -0.05) is 35.5 Å². The summed E-state index contributed by atoms with van der Waals surface area (Å²) in [4.78, 5) is 15.9. The molecular formula is C14H11ClF2N2O2S. The molecule has 0 bridgehead atoms. The molecule has 0 saturated carbocycles. The largest absolute Gasteiger partial charge is 0.433 e. The third kappa shape index (κ3) is 4.85. The molecule has 0 fully saturated rings. The van der Waals surface area contributed by atoms with E-state index in [1.165, 1.54) is 18.2 Å². The van der Waals surface area contributed by atoms with Crippen LogP contribution in [0.25, 0.3) is 0 Å². The molecule has 22 heavy (non-hydrogen) atoms. The molecule has 0 spiro atoms. The van der Waals surface area contributed by atoms with Crippen LogP contribution in [0.1, 0.15) is 0 Å². The summed E-state index contributed by atoms with van der Waals surface area (Å²) in [5.41, 5.74) is 0.181. The molecule has 0 aliphatic rings. The molecule has 1 aromatic carbocycles. The first-order chi connectivity index (χ1) is 10.6. The molecule has 1 aromatic heterocycles. The second-order valence-corrected chi connectivity index (χ2v) is 5.37. The van der Waals surface area contributed by atoms with Gasteiger partial charge in [0, 0.05) is 6.20 Å². The third-order valence-electron chi connectivity index (χ3n) is 2.44. The van der Waals surface area contributed by atoms with Gasteiger partial charge in [-0.05, 0) is 24.3 Å². The minimum atomic E-state index is -2.96. The Kier molecular flexibility index (Phi) is 5.97. The lowest BCUT2D eigenvalue weighted by atomic mass is 10.3. The van der Waals surface area contributed by atoms with E-state index < -0.39 is 6.61 Å². The molecule has 1 heterocycles. The van der Waals surface area contributed by atoms with Gasteiger partial charge < -0.3 is 10.1 Å². The highest BCUT2D eigenvalue weighted by atomic mass is 35.5. The van der Waals surface area contributed by atoms with Crippen LogP contribution >= 0.6 is 23.4 Å². The van der Waals surface area contributed by atoms with Crippen LogP contribution in [0.4, 0.5) is 14.5 Å². The first kappa shape index (κ1) is 16.5. The van der Waals surface area contributed by atoms with Gasteiger partial charge in [-0.15, -0.1) is 0 Å². The zero-order valence-electron chi connectivity index (χ0n) is 11.1. The van der Waals surface area contributed by atoms with Crippen LogP contribution < -0.4 is 10.1 Å². The molecule has 2 rings (SSSR count). The van der Waals surface area contributed by atoms with Crippen LogP contribution in [0.2, 0.25) is 5.02 Å². The first-order valence-electron chi connectivity index (χ1n) is 6.13. The lowest BCUT2D eigenvalue weighted by molar-refractivity contribution is -0.113. The number of carbonyl (C=O) groups excluding carboxylic acids is 1. The Balaban J connectivity index is 1.96. The number of pyridine rings is 1. The van der Waals surface area contributed by atoms with Gasteiger partial charge in [0.15, 0.2) is 0 Å². The van der Waals surface area contributed by atoms with E-state index in [1.54, 1.807) is 24.4 Å². The maximum atomic E-state index is 12.3. The van der Waals surface area contributed by atoms with Gasteiger partial charge in [0.05, 0.1) is 16.5 Å². The standard InChI is InChI=1S/C14H11ClF2N2O2S/c15-9-4-3-7-18-13(9)22-8-12(20)19-10-5-1-2-6-11(10)21-14(16)17/h1-7,14H,8H2,(H,19,20). The number of alkyl halides is 2. The Morgan fingerprint density at radius 3 is 2.82 bits per heavy atom. The van der Waals surface area contributed by atoms with Crippen molar-refractivity contribution in [1.82, 2.24) is 4.98 Å². The molecule has 0 unspecified atom stereocenters. The Labute approximate surface area is 134 Å². The van der Waals surface area contributed by atoms with Gasteiger partial charge in [0.25, 0.3) is 0 Å². The van der Waals surface area contributed by atoms with Crippen LogP contribution in [-0.2, 0) is 4.79 Å². The molecule has 1 amide bonds. The van der Waals surface area contributed by atoms with Crippen molar-refractivity contribution in [1.29, 1.82) is 0 Å². The molecule has 2 aromatic rings. The second kappa shape index (κ2) is 7.95. The predicted molar refractivity (Wildman–Crippen MR) is 81.7 cm³/mol. The number of anilines is 1. The van der Waals surface area contributed by atoms with Crippen molar-refractivity contribution >= 4 is 35.0 Å². The van der Waals surface area contributed by atoms with E-state index in [2.05, 4.69) is 15.0 Å². The first-order valence-corrected chi connectivity index (χ1v) is 7.49. The number of amides is 1. The number of ether oxygens (including phenoxy) is 1. The summed E-state index contributed by atoms with van der Waals surface area (Å²) in [5, 5.41) is 3.49. The zero-order chi connectivity index (χ0) is 15.9. The number of halogens is 3. The summed E-state index contributed by atoms with van der Waals surface area (Å²) in [6.45, 7) is -2.96. The fourth-order valence-corrected chi connectivity index (χ4v) is 2.53. The lowest BCUT2D eigenvalue weighted by Gasteiger charge is -2.11. The van der Waals surface area contributed by atoms with E-state index in [1.807, 2.05) is 0 Å². The fraction of sp³-hybridized carbons (Fsp3) is 0.143. The summed E-state index contributed by atoms with van der Waals surface area (Å²) in [5.74, 6) is -0.427. The fourth-order valence-electron chi connectivity index (χ4n) is 1.57. The van der Waals surface area contributed by atoms with E-state index in [0.29, 0.717) is 10.0 Å². The van der Waals surface area contributed by atoms with Gasteiger partial charge in [0.2, 0.25) is 5.91 Å². The van der Waals surface area contributed by atoms with Gasteiger partial charge in [-0.25, -0.2) is 4.98 Å². The smallest absolute Gasteiger partial charge is 0.387 e. The number of nitrogens with one attached hydrogen (secondary N) is 1. The molecule has 0 saturated heterocycles. The Bertz CT molecular complexity index is 658. The van der Waals surface area contributed by atoms with Crippen LogP contribution in [0.3, 0.4) is 0 Å². The maximum Gasteiger partial charge on any atom is 0.387 e. The summed E-state index contributed by atoms with van der Waals surface area (Å²) in [6, 6.07) is 9.33. The van der Waals surface area contributed by atoms with E-state index in [-0.39, 0.29) is 23.1 Å². The van der Waals surface area contributed by atoms with Gasteiger partial charge in [-0.2, -0.15) is 8.78 Å². The third-order valence-corrected chi connectivity index (χ3v) is 3.86. The molecule has 0 aliphatic carbocycles. The quantitative estimate of drug-likeness (QED) is 0.803. The molecule has 1 N–H and O–H groups in total. The van der Waals surface area contributed by atoms with Crippen molar-refractivity contribution in [3.05, 3.63) is 47.6 Å².